The van der Waals surface area contributed by atoms with Gasteiger partial charge in [-0.1, -0.05) is 0 Å². The Hall–Kier alpha value is -1.04. The largest absolute Gasteiger partial charge is 0.448 e. The molecular weight excluding hydrogens is 208 g/mol. The fourth-order valence-corrected chi connectivity index (χ4v) is 1.04. The molecule has 78 valence electrons. The minimum Gasteiger partial charge on any atom is -0.448 e. The lowest BCUT2D eigenvalue weighted by Crippen LogP contribution is -2.37. The van der Waals surface area contributed by atoms with Crippen molar-refractivity contribution in [1.29, 1.82) is 0 Å². The molecule has 1 heterocycles. The van der Waals surface area contributed by atoms with Gasteiger partial charge in [0.25, 0.3) is 0 Å². The number of furan rings is 1. The molecule has 1 unspecified atom stereocenters. The Balaban J connectivity index is 2.25. The van der Waals surface area contributed by atoms with Gasteiger partial charge in [-0.2, -0.15) is 0 Å². The fourth-order valence-electron chi connectivity index (χ4n) is 0.879. The molecule has 0 aliphatic heterocycles. The van der Waals surface area contributed by atoms with E-state index in [1.807, 2.05) is 0 Å². The van der Waals surface area contributed by atoms with Crippen LogP contribution in [0, 0.1) is 0 Å². The second kappa shape index (κ2) is 4.99. The number of carbonyl (C=O) groups is 1. The number of amides is 1. The molecule has 1 amide bonds. The fraction of sp³-hybridized carbons (Fsp3) is 0.375. The number of aliphatic hydroxyl groups is 1. The summed E-state index contributed by atoms with van der Waals surface area (Å²) in [5.74, 6) is -0.123. The Morgan fingerprint density at radius 2 is 2.43 bits per heavy atom. The van der Waals surface area contributed by atoms with Crippen LogP contribution in [-0.2, 0) is 11.3 Å². The second-order valence-corrected chi connectivity index (χ2v) is 3.13. The van der Waals surface area contributed by atoms with Crippen molar-refractivity contribution >= 4 is 17.5 Å². The van der Waals surface area contributed by atoms with E-state index in [0.29, 0.717) is 17.5 Å². The minimum atomic E-state index is -1.18. The third-order valence-electron chi connectivity index (χ3n) is 1.59. The topological polar surface area (TPSA) is 88.5 Å². The van der Waals surface area contributed by atoms with Gasteiger partial charge >= 0.3 is 0 Å². The lowest BCUT2D eigenvalue weighted by Gasteiger charge is -2.06. The molecule has 0 spiro atoms. The zero-order valence-electron chi connectivity index (χ0n) is 7.37. The summed E-state index contributed by atoms with van der Waals surface area (Å²) in [5, 5.41) is 12.1. The molecule has 0 aliphatic rings. The molecule has 0 fully saturated rings. The highest BCUT2D eigenvalue weighted by Gasteiger charge is 2.09. The molecule has 4 N–H and O–H groups in total. The van der Waals surface area contributed by atoms with Crippen molar-refractivity contribution in [2.45, 2.75) is 12.6 Å². The molecule has 1 aromatic heterocycles. The van der Waals surface area contributed by atoms with Crippen molar-refractivity contribution in [2.75, 3.05) is 6.54 Å². The molecule has 14 heavy (non-hydrogen) atoms. The van der Waals surface area contributed by atoms with E-state index in [1.54, 1.807) is 12.1 Å². The zero-order chi connectivity index (χ0) is 10.6. The Morgan fingerprint density at radius 1 is 1.71 bits per heavy atom. The molecule has 0 aromatic carbocycles. The second-order valence-electron chi connectivity index (χ2n) is 2.75. The van der Waals surface area contributed by atoms with Crippen LogP contribution in [0.3, 0.4) is 0 Å². The third-order valence-corrected chi connectivity index (χ3v) is 1.80. The number of hydrogen-bond acceptors (Lipinski definition) is 4. The van der Waals surface area contributed by atoms with Gasteiger partial charge in [-0.3, -0.25) is 4.79 Å². The van der Waals surface area contributed by atoms with Crippen molar-refractivity contribution in [1.82, 2.24) is 5.32 Å². The van der Waals surface area contributed by atoms with Crippen LogP contribution < -0.4 is 11.1 Å². The quantitative estimate of drug-likeness (QED) is 0.642. The lowest BCUT2D eigenvalue weighted by atomic mass is 10.3. The van der Waals surface area contributed by atoms with Crippen LogP contribution in [0.1, 0.15) is 5.76 Å². The van der Waals surface area contributed by atoms with E-state index in [9.17, 15) is 4.79 Å². The first kappa shape index (κ1) is 11.0. The summed E-state index contributed by atoms with van der Waals surface area (Å²) in [4.78, 5) is 10.4. The average molecular weight is 219 g/mol. The first-order valence-corrected chi connectivity index (χ1v) is 4.39. The number of nitrogens with one attached hydrogen (secondary N) is 1. The smallest absolute Gasteiger partial charge is 0.247 e. The van der Waals surface area contributed by atoms with Gasteiger partial charge in [-0.15, -0.1) is 0 Å². The van der Waals surface area contributed by atoms with Gasteiger partial charge in [-0.05, 0) is 23.7 Å². The van der Waals surface area contributed by atoms with Crippen LogP contribution in [0.25, 0.3) is 0 Å². The van der Waals surface area contributed by atoms with Gasteiger partial charge in [0, 0.05) is 6.54 Å². The van der Waals surface area contributed by atoms with E-state index in [-0.39, 0.29) is 6.54 Å². The Labute approximate surface area is 85.8 Å². The van der Waals surface area contributed by atoms with Crippen molar-refractivity contribution in [3.05, 3.63) is 23.1 Å². The molecule has 5 nitrogen and oxygen atoms in total. The standard InChI is InChI=1S/C8H11ClN2O3/c9-7-2-1-5(14-7)3-11-4-6(12)8(10)13/h1-2,6,11-12H,3-4H2,(H2,10,13). The highest BCUT2D eigenvalue weighted by molar-refractivity contribution is 6.28. The first-order chi connectivity index (χ1) is 6.59. The zero-order valence-corrected chi connectivity index (χ0v) is 8.12. The normalized spacial score (nSPS) is 12.7. The van der Waals surface area contributed by atoms with Gasteiger partial charge < -0.3 is 20.6 Å². The van der Waals surface area contributed by atoms with Crippen LogP contribution in [-0.4, -0.2) is 23.7 Å². The van der Waals surface area contributed by atoms with Crippen molar-refractivity contribution in [2.24, 2.45) is 5.73 Å². The van der Waals surface area contributed by atoms with E-state index >= 15 is 0 Å². The molecule has 1 atom stereocenters. The summed E-state index contributed by atoms with van der Waals surface area (Å²) < 4.78 is 5.03. The Kier molecular flexibility index (Phi) is 3.94. The van der Waals surface area contributed by atoms with Crippen molar-refractivity contribution in [3.63, 3.8) is 0 Å². The maximum atomic E-state index is 10.4. The van der Waals surface area contributed by atoms with Crippen LogP contribution in [0.2, 0.25) is 5.22 Å². The molecule has 0 saturated carbocycles. The summed E-state index contributed by atoms with van der Waals surface area (Å²) in [6.45, 7) is 0.477. The summed E-state index contributed by atoms with van der Waals surface area (Å²) in [6, 6.07) is 3.31. The van der Waals surface area contributed by atoms with Crippen LogP contribution in [0.15, 0.2) is 16.5 Å². The third kappa shape index (κ3) is 3.37. The molecule has 0 saturated heterocycles. The summed E-state index contributed by atoms with van der Waals surface area (Å²) in [6.07, 6.45) is -1.18. The molecule has 1 aromatic rings. The van der Waals surface area contributed by atoms with Gasteiger partial charge in [0.2, 0.25) is 5.91 Å². The van der Waals surface area contributed by atoms with Crippen LogP contribution in [0.5, 0.6) is 0 Å². The molecule has 6 heteroatoms. The summed E-state index contributed by atoms with van der Waals surface area (Å²) in [5.41, 5.74) is 4.85. The van der Waals surface area contributed by atoms with Crippen molar-refractivity contribution in [3.8, 4) is 0 Å². The van der Waals surface area contributed by atoms with Crippen LogP contribution in [0.4, 0.5) is 0 Å². The molecule has 1 rings (SSSR count). The molecular formula is C8H11ClN2O3. The SMILES string of the molecule is NC(=O)C(O)CNCc1ccc(Cl)o1. The Bertz CT molecular complexity index is 313. The van der Waals surface area contributed by atoms with E-state index in [1.165, 1.54) is 0 Å². The van der Waals surface area contributed by atoms with Gasteiger partial charge in [0.1, 0.15) is 11.9 Å². The number of carbonyl (C=O) groups excluding carboxylic acids is 1. The predicted molar refractivity (Wildman–Crippen MR) is 50.6 cm³/mol. The highest BCUT2D eigenvalue weighted by Crippen LogP contribution is 2.12. The highest BCUT2D eigenvalue weighted by atomic mass is 35.5. The number of halogens is 1. The van der Waals surface area contributed by atoms with E-state index in [0.717, 1.165) is 0 Å². The number of nitrogens with two attached hydrogens (primary N) is 1. The van der Waals surface area contributed by atoms with E-state index < -0.39 is 12.0 Å². The van der Waals surface area contributed by atoms with Gasteiger partial charge in [0.15, 0.2) is 5.22 Å². The average Bonchev–Trinajstić information content (AvgIpc) is 2.51. The van der Waals surface area contributed by atoms with Gasteiger partial charge in [0.05, 0.1) is 6.54 Å². The molecule has 0 bridgehead atoms. The summed E-state index contributed by atoms with van der Waals surface area (Å²) >= 11 is 5.53. The molecule has 0 radical (unpaired) electrons. The van der Waals surface area contributed by atoms with E-state index in [2.05, 4.69) is 5.32 Å². The van der Waals surface area contributed by atoms with Gasteiger partial charge in [-0.25, -0.2) is 0 Å². The number of rotatable bonds is 5. The number of primary amides is 1. The monoisotopic (exact) mass is 218 g/mol. The Morgan fingerprint density at radius 3 is 2.93 bits per heavy atom. The van der Waals surface area contributed by atoms with Crippen LogP contribution >= 0.6 is 11.6 Å². The first-order valence-electron chi connectivity index (χ1n) is 4.02. The number of hydrogen-bond donors (Lipinski definition) is 3. The lowest BCUT2D eigenvalue weighted by molar-refractivity contribution is -0.125. The maximum absolute atomic E-state index is 10.4. The maximum Gasteiger partial charge on any atom is 0.247 e. The van der Waals surface area contributed by atoms with E-state index in [4.69, 9.17) is 26.9 Å². The number of aliphatic hydroxyl groups excluding tert-OH is 1. The predicted octanol–water partition coefficient (Wildman–Crippen LogP) is -0.131. The minimum absolute atomic E-state index is 0.0909. The van der Waals surface area contributed by atoms with Crippen molar-refractivity contribution < 1.29 is 14.3 Å². The summed E-state index contributed by atoms with van der Waals surface area (Å²) in [7, 11) is 0. The molecule has 0 aliphatic carbocycles.